The Morgan fingerprint density at radius 1 is 0.524 bits per heavy atom. The van der Waals surface area contributed by atoms with Gasteiger partial charge in [-0.15, -0.1) is 0 Å². The standard InChI is InChI=1S/2C18H21NO2/c2*20-18(16-9-5-2-6-10-16)17-14-19(11-12-21-17)13-15-7-3-1-4-8-15/h2*1-10,17-18,20H,11-14H2/t2*17-,18+/m10/s1. The van der Waals surface area contributed by atoms with Crippen molar-refractivity contribution in [2.45, 2.75) is 37.5 Å². The number of ether oxygens (including phenoxy) is 2. The highest BCUT2D eigenvalue weighted by atomic mass is 16.5. The lowest BCUT2D eigenvalue weighted by molar-refractivity contribution is -0.0918. The van der Waals surface area contributed by atoms with Gasteiger partial charge in [-0.05, 0) is 22.3 Å². The maximum Gasteiger partial charge on any atom is 0.106 e. The summed E-state index contributed by atoms with van der Waals surface area (Å²) in [4.78, 5) is 4.69. The molecular formula is C36H42N2O4. The first kappa shape index (κ1) is 30.1. The molecule has 2 N–H and O–H groups in total. The number of hydrogen-bond donors (Lipinski definition) is 2. The van der Waals surface area contributed by atoms with Crippen molar-refractivity contribution in [3.8, 4) is 0 Å². The predicted octanol–water partition coefficient (Wildman–Crippen LogP) is 5.24. The Balaban J connectivity index is 0.000000168. The lowest BCUT2D eigenvalue weighted by Gasteiger charge is -2.35. The zero-order valence-electron chi connectivity index (χ0n) is 24.1. The van der Waals surface area contributed by atoms with Crippen LogP contribution in [0, 0.1) is 0 Å². The molecule has 6 rings (SSSR count). The van der Waals surface area contributed by atoms with Gasteiger partial charge in [0, 0.05) is 39.3 Å². The first-order chi connectivity index (χ1) is 20.7. The fourth-order valence-electron chi connectivity index (χ4n) is 5.55. The van der Waals surface area contributed by atoms with Crippen LogP contribution in [0.5, 0.6) is 0 Å². The fourth-order valence-corrected chi connectivity index (χ4v) is 5.55. The summed E-state index contributed by atoms with van der Waals surface area (Å²) >= 11 is 0. The molecule has 6 nitrogen and oxygen atoms in total. The average molecular weight is 567 g/mol. The number of hydrogen-bond acceptors (Lipinski definition) is 6. The van der Waals surface area contributed by atoms with Crippen molar-refractivity contribution < 1.29 is 19.7 Å². The third-order valence-electron chi connectivity index (χ3n) is 7.84. The minimum absolute atomic E-state index is 0.162. The summed E-state index contributed by atoms with van der Waals surface area (Å²) in [5.74, 6) is 0. The first-order valence-electron chi connectivity index (χ1n) is 14.9. The molecule has 0 radical (unpaired) electrons. The van der Waals surface area contributed by atoms with Crippen LogP contribution < -0.4 is 0 Å². The average Bonchev–Trinajstić information content (AvgIpc) is 3.06. The molecule has 0 unspecified atom stereocenters. The largest absolute Gasteiger partial charge is 0.386 e. The van der Waals surface area contributed by atoms with Gasteiger partial charge in [-0.1, -0.05) is 121 Å². The summed E-state index contributed by atoms with van der Waals surface area (Å²) in [6.45, 7) is 6.48. The van der Waals surface area contributed by atoms with E-state index in [1.165, 1.54) is 11.1 Å². The number of aliphatic hydroxyl groups excluding tert-OH is 2. The van der Waals surface area contributed by atoms with E-state index in [9.17, 15) is 10.2 Å². The van der Waals surface area contributed by atoms with Gasteiger partial charge < -0.3 is 19.7 Å². The van der Waals surface area contributed by atoms with E-state index >= 15 is 0 Å². The van der Waals surface area contributed by atoms with Crippen LogP contribution in [0.25, 0.3) is 0 Å². The van der Waals surface area contributed by atoms with Crippen LogP contribution in [0.15, 0.2) is 121 Å². The Hall–Kier alpha value is -3.36. The molecule has 2 aliphatic heterocycles. The monoisotopic (exact) mass is 566 g/mol. The number of morpholine rings is 2. The Bertz CT molecular complexity index is 1190. The van der Waals surface area contributed by atoms with Crippen LogP contribution in [0.2, 0.25) is 0 Å². The quantitative estimate of drug-likeness (QED) is 0.304. The molecule has 0 saturated carbocycles. The molecule has 4 atom stereocenters. The van der Waals surface area contributed by atoms with Gasteiger partial charge in [0.15, 0.2) is 0 Å². The van der Waals surface area contributed by atoms with Crippen molar-refractivity contribution in [3.63, 3.8) is 0 Å². The van der Waals surface area contributed by atoms with Gasteiger partial charge >= 0.3 is 0 Å². The molecule has 6 heteroatoms. The molecule has 2 aliphatic rings. The van der Waals surface area contributed by atoms with Gasteiger partial charge in [-0.2, -0.15) is 0 Å². The van der Waals surface area contributed by atoms with E-state index in [0.29, 0.717) is 13.2 Å². The first-order valence-corrected chi connectivity index (χ1v) is 14.9. The normalized spacial score (nSPS) is 21.1. The Morgan fingerprint density at radius 3 is 1.21 bits per heavy atom. The lowest BCUT2D eigenvalue weighted by Crippen LogP contribution is -2.44. The summed E-state index contributed by atoms with van der Waals surface area (Å²) < 4.78 is 11.5. The number of aliphatic hydroxyl groups is 2. The molecule has 0 bridgehead atoms. The SMILES string of the molecule is O[C@@H](c1ccccc1)[C@H]1CN(Cc2ccccc2)CCO1.O[C@H](c1ccccc1)[C@@H]1CN(Cc2ccccc2)CCO1. The van der Waals surface area contributed by atoms with Crippen LogP contribution in [0.1, 0.15) is 34.5 Å². The minimum Gasteiger partial charge on any atom is -0.386 e. The molecule has 42 heavy (non-hydrogen) atoms. The third-order valence-corrected chi connectivity index (χ3v) is 7.84. The number of benzene rings is 4. The maximum atomic E-state index is 10.5. The maximum absolute atomic E-state index is 10.5. The van der Waals surface area contributed by atoms with Crippen molar-refractivity contribution in [2.75, 3.05) is 39.4 Å². The Kier molecular flexibility index (Phi) is 11.3. The van der Waals surface area contributed by atoms with E-state index in [4.69, 9.17) is 9.47 Å². The molecule has 220 valence electrons. The smallest absolute Gasteiger partial charge is 0.106 e. The number of rotatable bonds is 8. The van der Waals surface area contributed by atoms with Gasteiger partial charge in [-0.3, -0.25) is 9.80 Å². The Morgan fingerprint density at radius 2 is 0.857 bits per heavy atom. The van der Waals surface area contributed by atoms with Crippen LogP contribution in [0.3, 0.4) is 0 Å². The molecule has 2 saturated heterocycles. The van der Waals surface area contributed by atoms with Crippen LogP contribution >= 0.6 is 0 Å². The van der Waals surface area contributed by atoms with E-state index in [0.717, 1.165) is 50.4 Å². The zero-order valence-corrected chi connectivity index (χ0v) is 24.1. The minimum atomic E-state index is -0.565. The van der Waals surface area contributed by atoms with Gasteiger partial charge in [0.2, 0.25) is 0 Å². The molecule has 4 aromatic rings. The second-order valence-corrected chi connectivity index (χ2v) is 11.0. The summed E-state index contributed by atoms with van der Waals surface area (Å²) in [5.41, 5.74) is 4.44. The van der Waals surface area contributed by atoms with E-state index in [-0.39, 0.29) is 12.2 Å². The molecule has 2 heterocycles. The van der Waals surface area contributed by atoms with Crippen LogP contribution in [-0.2, 0) is 22.6 Å². The van der Waals surface area contributed by atoms with E-state index < -0.39 is 12.2 Å². The van der Waals surface area contributed by atoms with Crippen LogP contribution in [-0.4, -0.2) is 71.6 Å². The van der Waals surface area contributed by atoms with E-state index in [1.54, 1.807) is 0 Å². The van der Waals surface area contributed by atoms with Gasteiger partial charge in [0.25, 0.3) is 0 Å². The van der Waals surface area contributed by atoms with Crippen molar-refractivity contribution in [1.29, 1.82) is 0 Å². The highest BCUT2D eigenvalue weighted by molar-refractivity contribution is 5.20. The summed E-state index contributed by atoms with van der Waals surface area (Å²) in [6.07, 6.45) is -1.45. The van der Waals surface area contributed by atoms with Crippen molar-refractivity contribution >= 4 is 0 Å². The molecule has 2 fully saturated rings. The predicted molar refractivity (Wildman–Crippen MR) is 166 cm³/mol. The lowest BCUT2D eigenvalue weighted by atomic mass is 10.0. The zero-order chi connectivity index (χ0) is 29.0. The van der Waals surface area contributed by atoms with E-state index in [1.807, 2.05) is 72.8 Å². The van der Waals surface area contributed by atoms with Gasteiger partial charge in [0.1, 0.15) is 24.4 Å². The molecule has 0 spiro atoms. The van der Waals surface area contributed by atoms with Crippen molar-refractivity contribution in [3.05, 3.63) is 144 Å². The third kappa shape index (κ3) is 8.82. The summed E-state index contributed by atoms with van der Waals surface area (Å²) in [6, 6.07) is 40.4. The van der Waals surface area contributed by atoms with E-state index in [2.05, 4.69) is 58.3 Å². The molecule has 0 aliphatic carbocycles. The second kappa shape index (κ2) is 15.8. The number of nitrogens with zero attached hydrogens (tertiary/aromatic N) is 2. The van der Waals surface area contributed by atoms with Crippen LogP contribution in [0.4, 0.5) is 0 Å². The summed E-state index contributed by atoms with van der Waals surface area (Å²) in [7, 11) is 0. The van der Waals surface area contributed by atoms with Gasteiger partial charge in [-0.25, -0.2) is 0 Å². The topological polar surface area (TPSA) is 65.4 Å². The highest BCUT2D eigenvalue weighted by Gasteiger charge is 2.29. The second-order valence-electron chi connectivity index (χ2n) is 11.0. The fraction of sp³-hybridized carbons (Fsp3) is 0.333. The van der Waals surface area contributed by atoms with Crippen molar-refractivity contribution in [2.24, 2.45) is 0 Å². The Labute approximate surface area is 249 Å². The van der Waals surface area contributed by atoms with Crippen molar-refractivity contribution in [1.82, 2.24) is 9.80 Å². The molecule has 0 aromatic heterocycles. The summed E-state index contributed by atoms with van der Waals surface area (Å²) in [5, 5.41) is 21.0. The van der Waals surface area contributed by atoms with Gasteiger partial charge in [0.05, 0.1) is 13.2 Å². The molecule has 0 amide bonds. The molecule has 4 aromatic carbocycles. The molecular weight excluding hydrogens is 524 g/mol. The highest BCUT2D eigenvalue weighted by Crippen LogP contribution is 2.24.